The normalized spacial score (nSPS) is 12.3. The second kappa shape index (κ2) is 5.68. The number of hydrogen-bond donors (Lipinski definition) is 0. The zero-order valence-electron chi connectivity index (χ0n) is 10.8. The third-order valence-corrected chi connectivity index (χ3v) is 5.23. The SMILES string of the molecule is Cc1nc(Cl)nc(C(C#N)c2nc3ccccc3s2)c1Br. The van der Waals surface area contributed by atoms with Crippen LogP contribution < -0.4 is 0 Å². The van der Waals surface area contributed by atoms with Crippen molar-refractivity contribution in [3.8, 4) is 6.07 Å². The quantitative estimate of drug-likeness (QED) is 0.616. The minimum Gasteiger partial charge on any atom is -0.239 e. The van der Waals surface area contributed by atoms with Crippen LogP contribution in [0.5, 0.6) is 0 Å². The first-order valence-electron chi connectivity index (χ1n) is 6.04. The molecule has 0 amide bonds. The Labute approximate surface area is 138 Å². The zero-order chi connectivity index (χ0) is 15.0. The van der Waals surface area contributed by atoms with Gasteiger partial charge in [0.2, 0.25) is 5.28 Å². The Hall–Kier alpha value is -1.55. The third kappa shape index (κ3) is 2.64. The van der Waals surface area contributed by atoms with Crippen LogP contribution in [0, 0.1) is 18.3 Å². The molecule has 21 heavy (non-hydrogen) atoms. The molecule has 2 heterocycles. The number of halogens is 2. The fourth-order valence-electron chi connectivity index (χ4n) is 1.98. The number of thiazole rings is 1. The van der Waals surface area contributed by atoms with Gasteiger partial charge in [0.25, 0.3) is 0 Å². The Morgan fingerprint density at radius 2 is 2.05 bits per heavy atom. The predicted octanol–water partition coefficient (Wildman–Crippen LogP) is 4.47. The number of aryl methyl sites for hydroxylation is 1. The van der Waals surface area contributed by atoms with Crippen LogP contribution in [0.2, 0.25) is 5.28 Å². The summed E-state index contributed by atoms with van der Waals surface area (Å²) in [7, 11) is 0. The van der Waals surface area contributed by atoms with Crippen LogP contribution in [-0.2, 0) is 0 Å². The fraction of sp³-hybridized carbons (Fsp3) is 0.143. The van der Waals surface area contributed by atoms with Gasteiger partial charge in [-0.3, -0.25) is 0 Å². The summed E-state index contributed by atoms with van der Waals surface area (Å²) >= 11 is 10.8. The smallest absolute Gasteiger partial charge is 0.222 e. The molecule has 7 heteroatoms. The monoisotopic (exact) mass is 378 g/mol. The minimum atomic E-state index is -0.573. The first kappa shape index (κ1) is 14.4. The molecule has 104 valence electrons. The van der Waals surface area contributed by atoms with Gasteiger partial charge < -0.3 is 0 Å². The fourth-order valence-corrected chi connectivity index (χ4v) is 3.62. The highest BCUT2D eigenvalue weighted by Crippen LogP contribution is 2.34. The number of para-hydroxylation sites is 1. The van der Waals surface area contributed by atoms with E-state index in [0.717, 1.165) is 10.2 Å². The highest BCUT2D eigenvalue weighted by atomic mass is 79.9. The van der Waals surface area contributed by atoms with Crippen molar-refractivity contribution in [3.05, 3.63) is 50.4 Å². The molecule has 3 aromatic rings. The molecule has 0 spiro atoms. The predicted molar refractivity (Wildman–Crippen MR) is 86.6 cm³/mol. The third-order valence-electron chi connectivity index (χ3n) is 2.98. The van der Waals surface area contributed by atoms with Gasteiger partial charge in [-0.25, -0.2) is 15.0 Å². The molecule has 2 aromatic heterocycles. The van der Waals surface area contributed by atoms with Crippen LogP contribution in [0.3, 0.4) is 0 Å². The van der Waals surface area contributed by atoms with Crippen molar-refractivity contribution in [2.45, 2.75) is 12.8 Å². The molecule has 0 saturated heterocycles. The molecule has 0 aliphatic heterocycles. The van der Waals surface area contributed by atoms with Crippen molar-refractivity contribution in [3.63, 3.8) is 0 Å². The molecule has 4 nitrogen and oxygen atoms in total. The Balaban J connectivity index is 2.17. The number of benzene rings is 1. The van der Waals surface area contributed by atoms with E-state index in [-0.39, 0.29) is 5.28 Å². The lowest BCUT2D eigenvalue weighted by Gasteiger charge is -2.09. The molecule has 0 saturated carbocycles. The minimum absolute atomic E-state index is 0.132. The van der Waals surface area contributed by atoms with E-state index in [1.165, 1.54) is 11.3 Å². The Kier molecular flexibility index (Phi) is 3.89. The molecule has 0 fully saturated rings. The maximum Gasteiger partial charge on any atom is 0.222 e. The van der Waals surface area contributed by atoms with E-state index in [1.807, 2.05) is 31.2 Å². The number of aromatic nitrogens is 3. The van der Waals surface area contributed by atoms with Gasteiger partial charge in [0.05, 0.1) is 32.1 Å². The summed E-state index contributed by atoms with van der Waals surface area (Å²) < 4.78 is 1.73. The maximum atomic E-state index is 9.56. The van der Waals surface area contributed by atoms with Crippen LogP contribution in [0.4, 0.5) is 0 Å². The van der Waals surface area contributed by atoms with E-state index in [4.69, 9.17) is 11.6 Å². The van der Waals surface area contributed by atoms with Crippen LogP contribution in [0.15, 0.2) is 28.7 Å². The van der Waals surface area contributed by atoms with E-state index in [2.05, 4.69) is 37.0 Å². The zero-order valence-corrected chi connectivity index (χ0v) is 14.0. The lowest BCUT2D eigenvalue weighted by molar-refractivity contribution is 0.909. The van der Waals surface area contributed by atoms with Gasteiger partial charge in [-0.15, -0.1) is 11.3 Å². The number of fused-ring (bicyclic) bond motifs is 1. The van der Waals surface area contributed by atoms with E-state index in [0.29, 0.717) is 20.9 Å². The van der Waals surface area contributed by atoms with Crippen molar-refractivity contribution in [1.29, 1.82) is 5.26 Å². The van der Waals surface area contributed by atoms with Crippen molar-refractivity contribution < 1.29 is 0 Å². The first-order valence-corrected chi connectivity index (χ1v) is 8.03. The maximum absolute atomic E-state index is 9.56. The summed E-state index contributed by atoms with van der Waals surface area (Å²) in [6, 6.07) is 10.0. The Morgan fingerprint density at radius 1 is 1.29 bits per heavy atom. The molecule has 1 atom stereocenters. The van der Waals surface area contributed by atoms with Crippen LogP contribution in [-0.4, -0.2) is 15.0 Å². The van der Waals surface area contributed by atoms with Gasteiger partial charge in [-0.05, 0) is 46.6 Å². The molecule has 1 unspecified atom stereocenters. The van der Waals surface area contributed by atoms with Crippen LogP contribution >= 0.6 is 38.9 Å². The van der Waals surface area contributed by atoms with Gasteiger partial charge in [0.15, 0.2) is 0 Å². The standard InChI is InChI=1S/C14H8BrClN4S/c1-7-11(15)12(20-14(16)18-7)8(6-17)13-19-9-4-2-3-5-10(9)21-13/h2-5,8H,1H3. The van der Waals surface area contributed by atoms with Crippen molar-refractivity contribution >= 4 is 49.1 Å². The molecule has 0 aliphatic rings. The van der Waals surface area contributed by atoms with Gasteiger partial charge in [0, 0.05) is 0 Å². The highest BCUT2D eigenvalue weighted by Gasteiger charge is 2.24. The summed E-state index contributed by atoms with van der Waals surface area (Å²) in [6.45, 7) is 1.81. The number of rotatable bonds is 2. The number of hydrogen-bond acceptors (Lipinski definition) is 5. The molecular formula is C14H8BrClN4S. The molecule has 0 aliphatic carbocycles. The summed E-state index contributed by atoms with van der Waals surface area (Å²) in [5, 5.41) is 10.4. The molecule has 1 aromatic carbocycles. The van der Waals surface area contributed by atoms with Crippen molar-refractivity contribution in [2.24, 2.45) is 0 Å². The highest BCUT2D eigenvalue weighted by molar-refractivity contribution is 9.10. The second-order valence-corrected chi connectivity index (χ2v) is 6.55. The van der Waals surface area contributed by atoms with E-state index in [1.54, 1.807) is 0 Å². The summed E-state index contributed by atoms with van der Waals surface area (Å²) in [6.07, 6.45) is 0. The topological polar surface area (TPSA) is 62.5 Å². The molecule has 0 N–H and O–H groups in total. The van der Waals surface area contributed by atoms with E-state index < -0.39 is 5.92 Å². The Morgan fingerprint density at radius 3 is 2.76 bits per heavy atom. The van der Waals surface area contributed by atoms with Gasteiger partial charge >= 0.3 is 0 Å². The molecule has 0 bridgehead atoms. The summed E-state index contributed by atoms with van der Waals surface area (Å²) in [5.74, 6) is -0.573. The summed E-state index contributed by atoms with van der Waals surface area (Å²) in [4.78, 5) is 12.8. The van der Waals surface area contributed by atoms with Gasteiger partial charge in [-0.2, -0.15) is 5.26 Å². The average molecular weight is 380 g/mol. The first-order chi connectivity index (χ1) is 10.1. The number of nitriles is 1. The molecular weight excluding hydrogens is 372 g/mol. The summed E-state index contributed by atoms with van der Waals surface area (Å²) in [5.41, 5.74) is 2.13. The van der Waals surface area contributed by atoms with Crippen molar-refractivity contribution in [1.82, 2.24) is 15.0 Å². The van der Waals surface area contributed by atoms with Gasteiger partial charge in [-0.1, -0.05) is 12.1 Å². The van der Waals surface area contributed by atoms with E-state index >= 15 is 0 Å². The van der Waals surface area contributed by atoms with Gasteiger partial charge in [0.1, 0.15) is 10.9 Å². The van der Waals surface area contributed by atoms with E-state index in [9.17, 15) is 5.26 Å². The lowest BCUT2D eigenvalue weighted by Crippen LogP contribution is -2.05. The average Bonchev–Trinajstić information content (AvgIpc) is 2.88. The largest absolute Gasteiger partial charge is 0.239 e. The Bertz CT molecular complexity index is 838. The molecule has 3 rings (SSSR count). The van der Waals surface area contributed by atoms with Crippen LogP contribution in [0.25, 0.3) is 10.2 Å². The van der Waals surface area contributed by atoms with Crippen molar-refractivity contribution in [2.75, 3.05) is 0 Å². The van der Waals surface area contributed by atoms with Crippen LogP contribution in [0.1, 0.15) is 22.3 Å². The lowest BCUT2D eigenvalue weighted by atomic mass is 10.1. The molecule has 0 radical (unpaired) electrons. The second-order valence-electron chi connectivity index (χ2n) is 4.36. The number of nitrogens with zero attached hydrogens (tertiary/aromatic N) is 4.